The van der Waals surface area contributed by atoms with E-state index < -0.39 is 6.17 Å². The number of aliphatic imine (C=N–C) groups is 1. The number of amides is 1. The quantitative estimate of drug-likeness (QED) is 0.748. The number of carbonyl (C=O) groups excluding carboxylic acids is 1. The summed E-state index contributed by atoms with van der Waals surface area (Å²) in [4.78, 5) is 19.2. The van der Waals surface area contributed by atoms with Crippen LogP contribution in [0, 0.1) is 17.8 Å². The molecule has 134 valence electrons. The molecule has 1 saturated heterocycles. The van der Waals surface area contributed by atoms with E-state index in [0.29, 0.717) is 12.8 Å². The second-order valence-electron chi connectivity index (χ2n) is 8.55. The SMILES string of the molecule is CC1(CCN2CCC(F)CC2)SC(CC2CC3CCC2C3)=NC1=O. The fourth-order valence-corrected chi connectivity index (χ4v) is 6.42. The molecule has 4 rings (SSSR count). The third-order valence-electron chi connectivity index (χ3n) is 6.77. The first kappa shape index (κ1) is 17.0. The van der Waals surface area contributed by atoms with E-state index in [1.807, 2.05) is 0 Å². The van der Waals surface area contributed by atoms with Gasteiger partial charge in [-0.2, -0.15) is 0 Å². The van der Waals surface area contributed by atoms with Gasteiger partial charge in [0, 0.05) is 13.1 Å². The van der Waals surface area contributed by atoms with Gasteiger partial charge in [0.25, 0.3) is 5.91 Å². The van der Waals surface area contributed by atoms with Gasteiger partial charge in [-0.25, -0.2) is 9.38 Å². The number of piperidine rings is 1. The van der Waals surface area contributed by atoms with Crippen LogP contribution >= 0.6 is 11.8 Å². The first-order valence-corrected chi connectivity index (χ1v) is 10.5. The number of fused-ring (bicyclic) bond motifs is 2. The number of hydrogen-bond donors (Lipinski definition) is 0. The highest BCUT2D eigenvalue weighted by Crippen LogP contribution is 2.51. The van der Waals surface area contributed by atoms with Gasteiger partial charge in [0.05, 0.1) is 5.04 Å². The summed E-state index contributed by atoms with van der Waals surface area (Å²) >= 11 is 1.72. The minimum absolute atomic E-state index is 0.0611. The lowest BCUT2D eigenvalue weighted by atomic mass is 9.87. The highest BCUT2D eigenvalue weighted by Gasteiger charge is 2.44. The molecule has 4 unspecified atom stereocenters. The fourth-order valence-electron chi connectivity index (χ4n) is 5.15. The summed E-state index contributed by atoms with van der Waals surface area (Å²) < 4.78 is 12.9. The maximum atomic E-state index is 13.2. The lowest BCUT2D eigenvalue weighted by Gasteiger charge is -2.31. The van der Waals surface area contributed by atoms with E-state index in [2.05, 4.69) is 16.8 Å². The minimum Gasteiger partial charge on any atom is -0.303 e. The molecule has 2 saturated carbocycles. The Morgan fingerprint density at radius 3 is 2.71 bits per heavy atom. The van der Waals surface area contributed by atoms with Crippen LogP contribution < -0.4 is 0 Å². The van der Waals surface area contributed by atoms with Gasteiger partial charge in [-0.1, -0.05) is 18.2 Å². The van der Waals surface area contributed by atoms with Crippen molar-refractivity contribution in [2.24, 2.45) is 22.7 Å². The number of halogens is 1. The Morgan fingerprint density at radius 2 is 2.04 bits per heavy atom. The number of hydrogen-bond acceptors (Lipinski definition) is 3. The van der Waals surface area contributed by atoms with Crippen LogP contribution in [0.1, 0.15) is 58.3 Å². The molecule has 3 fully saturated rings. The molecule has 0 aromatic heterocycles. The Hall–Kier alpha value is -0.420. The molecule has 0 N–H and O–H groups in total. The van der Waals surface area contributed by atoms with Crippen LogP contribution in [0.4, 0.5) is 4.39 Å². The van der Waals surface area contributed by atoms with E-state index >= 15 is 0 Å². The Labute approximate surface area is 148 Å². The molecule has 1 amide bonds. The van der Waals surface area contributed by atoms with Crippen molar-refractivity contribution in [3.05, 3.63) is 0 Å². The van der Waals surface area contributed by atoms with Gasteiger partial charge >= 0.3 is 0 Å². The Kier molecular flexibility index (Phi) is 4.76. The zero-order valence-electron chi connectivity index (χ0n) is 14.7. The molecular formula is C19H29FN2OS. The van der Waals surface area contributed by atoms with Gasteiger partial charge in [-0.05, 0) is 76.2 Å². The third kappa shape index (κ3) is 3.44. The molecule has 0 aromatic carbocycles. The summed E-state index contributed by atoms with van der Waals surface area (Å²) in [7, 11) is 0. The van der Waals surface area contributed by atoms with E-state index in [1.165, 1.54) is 25.7 Å². The van der Waals surface area contributed by atoms with Crippen LogP contribution in [0.2, 0.25) is 0 Å². The fraction of sp³-hybridized carbons (Fsp3) is 0.895. The summed E-state index contributed by atoms with van der Waals surface area (Å²) in [5.74, 6) is 2.68. The lowest BCUT2D eigenvalue weighted by molar-refractivity contribution is -0.119. The largest absolute Gasteiger partial charge is 0.303 e. The molecule has 3 nitrogen and oxygen atoms in total. The molecule has 2 aliphatic carbocycles. The van der Waals surface area contributed by atoms with Gasteiger partial charge in [0.2, 0.25) is 0 Å². The molecule has 5 heteroatoms. The normalized spacial score (nSPS) is 40.5. The highest BCUT2D eigenvalue weighted by atomic mass is 32.2. The maximum absolute atomic E-state index is 13.2. The average molecular weight is 353 g/mol. The van der Waals surface area contributed by atoms with Crippen molar-refractivity contribution in [3.8, 4) is 0 Å². The van der Waals surface area contributed by atoms with Gasteiger partial charge in [-0.15, -0.1) is 0 Å². The number of alkyl halides is 1. The highest BCUT2D eigenvalue weighted by molar-refractivity contribution is 8.16. The average Bonchev–Trinajstić information content (AvgIpc) is 3.23. The molecule has 24 heavy (non-hydrogen) atoms. The van der Waals surface area contributed by atoms with E-state index in [0.717, 1.165) is 55.3 Å². The van der Waals surface area contributed by atoms with Crippen molar-refractivity contribution in [1.29, 1.82) is 0 Å². The molecule has 4 aliphatic rings. The second kappa shape index (κ2) is 6.71. The van der Waals surface area contributed by atoms with Crippen LogP contribution in [0.15, 0.2) is 4.99 Å². The molecule has 2 bridgehead atoms. The monoisotopic (exact) mass is 352 g/mol. The van der Waals surface area contributed by atoms with Crippen LogP contribution in [-0.4, -0.2) is 46.4 Å². The molecule has 0 spiro atoms. The number of thioether (sulfide) groups is 1. The summed E-state index contributed by atoms with van der Waals surface area (Å²) in [5.41, 5.74) is 0. The van der Waals surface area contributed by atoms with Gasteiger partial charge in [0.15, 0.2) is 0 Å². The van der Waals surface area contributed by atoms with E-state index in [-0.39, 0.29) is 10.7 Å². The zero-order valence-corrected chi connectivity index (χ0v) is 15.5. The first-order chi connectivity index (χ1) is 11.5. The van der Waals surface area contributed by atoms with Crippen molar-refractivity contribution < 1.29 is 9.18 Å². The topological polar surface area (TPSA) is 32.7 Å². The Morgan fingerprint density at radius 1 is 1.25 bits per heavy atom. The summed E-state index contributed by atoms with van der Waals surface area (Å²) in [5, 5.41) is 1.09. The third-order valence-corrected chi connectivity index (χ3v) is 8.09. The standard InChI is InChI=1S/C19H29FN2OS/c1-19(6-9-22-7-4-16(20)5-8-22)18(23)21-17(24-19)12-15-11-13-2-3-14(15)10-13/h13-16H,2-12H2,1H3. The van der Waals surface area contributed by atoms with E-state index in [4.69, 9.17) is 0 Å². The van der Waals surface area contributed by atoms with Crippen LogP contribution in [0.3, 0.4) is 0 Å². The van der Waals surface area contributed by atoms with E-state index in [9.17, 15) is 9.18 Å². The van der Waals surface area contributed by atoms with Crippen molar-refractivity contribution in [3.63, 3.8) is 0 Å². The number of rotatable bonds is 5. The number of nitrogens with zero attached hydrogens (tertiary/aromatic N) is 2. The summed E-state index contributed by atoms with van der Waals surface area (Å²) in [6, 6.07) is 0. The molecule has 2 heterocycles. The number of carbonyl (C=O) groups is 1. The van der Waals surface area contributed by atoms with Crippen molar-refractivity contribution in [2.45, 2.75) is 69.2 Å². The minimum atomic E-state index is -0.629. The molecular weight excluding hydrogens is 323 g/mol. The van der Waals surface area contributed by atoms with Crippen molar-refractivity contribution in [1.82, 2.24) is 4.90 Å². The molecule has 0 aromatic rings. The smallest absolute Gasteiger partial charge is 0.262 e. The molecule has 4 atom stereocenters. The molecule has 0 radical (unpaired) electrons. The van der Waals surface area contributed by atoms with Crippen LogP contribution in [0.25, 0.3) is 0 Å². The Bertz CT molecular complexity index is 531. The predicted molar refractivity (Wildman–Crippen MR) is 97.2 cm³/mol. The first-order valence-electron chi connectivity index (χ1n) is 9.69. The van der Waals surface area contributed by atoms with Crippen molar-refractivity contribution >= 4 is 22.7 Å². The zero-order chi connectivity index (χ0) is 16.7. The Balaban J connectivity index is 1.28. The van der Waals surface area contributed by atoms with Crippen LogP contribution in [-0.2, 0) is 4.79 Å². The maximum Gasteiger partial charge on any atom is 0.262 e. The van der Waals surface area contributed by atoms with Crippen LogP contribution in [0.5, 0.6) is 0 Å². The van der Waals surface area contributed by atoms with Gasteiger partial charge in [0.1, 0.15) is 10.9 Å². The van der Waals surface area contributed by atoms with Crippen molar-refractivity contribution in [2.75, 3.05) is 19.6 Å². The van der Waals surface area contributed by atoms with Gasteiger partial charge in [-0.3, -0.25) is 4.79 Å². The number of likely N-dealkylation sites (tertiary alicyclic amines) is 1. The van der Waals surface area contributed by atoms with Gasteiger partial charge < -0.3 is 4.90 Å². The lowest BCUT2D eigenvalue weighted by Crippen LogP contribution is -2.39. The molecule has 2 aliphatic heterocycles. The summed E-state index contributed by atoms with van der Waals surface area (Å²) in [6.45, 7) is 4.60. The summed E-state index contributed by atoms with van der Waals surface area (Å²) in [6.07, 6.45) is 8.10. The predicted octanol–water partition coefficient (Wildman–Crippen LogP) is 4.07. The van der Waals surface area contributed by atoms with E-state index in [1.54, 1.807) is 11.8 Å². The second-order valence-corrected chi connectivity index (χ2v) is 10.1.